The average Bonchev–Trinajstić information content (AvgIpc) is 0.722. The molecule has 0 amide bonds. The zero-order chi connectivity index (χ0) is 4.50. The van der Waals surface area contributed by atoms with Crippen molar-refractivity contribution in [3.05, 3.63) is 0 Å². The summed E-state index contributed by atoms with van der Waals surface area (Å²) in [6, 6.07) is 0. The maximum Gasteiger partial charge on any atom is 2.00 e. The fraction of sp³-hybridized carbons (Fsp3) is 0. The number of hydrogen-bond donors (Lipinski definition) is 0. The largest absolute Gasteiger partial charge is 2.00 e. The van der Waals surface area contributed by atoms with Gasteiger partial charge in [-0.1, -0.05) is 0 Å². The minimum atomic E-state index is -6.12. The molecule has 0 aliphatic carbocycles. The standard InChI is InChI=1S/AsFH2O3.Mg/c2-1(3,4)5;/h(H2,3,4,5);/q;+2/p-2. The summed E-state index contributed by atoms with van der Waals surface area (Å²) >= 11 is -6.12. The van der Waals surface area contributed by atoms with Crippen LogP contribution in [-0.2, 0) is 3.74 Å². The van der Waals surface area contributed by atoms with Gasteiger partial charge in [0, 0.05) is 0 Å². The smallest absolute Gasteiger partial charge is 2.00 e. The van der Waals surface area contributed by atoms with E-state index in [1.54, 1.807) is 0 Å². The molecule has 0 heterocycles. The summed E-state index contributed by atoms with van der Waals surface area (Å²) in [5.41, 5.74) is 0. The molecule has 0 spiro atoms. The summed E-state index contributed by atoms with van der Waals surface area (Å²) in [6.45, 7) is 0. The molecule has 6 heteroatoms. The van der Waals surface area contributed by atoms with E-state index in [1.807, 2.05) is 0 Å². The monoisotopic (exact) mass is 166 g/mol. The van der Waals surface area contributed by atoms with Crippen molar-refractivity contribution in [1.82, 2.24) is 0 Å². The van der Waals surface area contributed by atoms with Crippen LogP contribution in [0.1, 0.15) is 0 Å². The molecule has 0 fully saturated rings. The summed E-state index contributed by atoms with van der Waals surface area (Å²) in [5.74, 6) is 0. The Hall–Kier alpha value is 0.975. The molecule has 0 unspecified atom stereocenters. The van der Waals surface area contributed by atoms with Gasteiger partial charge in [-0.25, -0.2) is 0 Å². The van der Waals surface area contributed by atoms with E-state index >= 15 is 0 Å². The van der Waals surface area contributed by atoms with Crippen LogP contribution in [0.25, 0.3) is 0 Å². The van der Waals surface area contributed by atoms with E-state index in [1.165, 1.54) is 0 Å². The number of halogens is 1. The number of hydrogen-bond acceptors (Lipinski definition) is 3. The first-order valence-corrected chi connectivity index (χ1v) is 3.72. The van der Waals surface area contributed by atoms with Crippen molar-refractivity contribution >= 4 is 37.7 Å². The molecule has 0 aliphatic heterocycles. The Balaban J connectivity index is 0. The molecule has 0 bridgehead atoms. The Morgan fingerprint density at radius 2 is 1.50 bits per heavy atom. The van der Waals surface area contributed by atoms with Crippen LogP contribution >= 0.6 is 0 Å². The van der Waals surface area contributed by atoms with Gasteiger partial charge in [0.05, 0.1) is 0 Å². The van der Waals surface area contributed by atoms with Crippen molar-refractivity contribution in [1.29, 1.82) is 0 Å². The van der Waals surface area contributed by atoms with Gasteiger partial charge in [-0.3, -0.25) is 0 Å². The third-order valence-electron chi connectivity index (χ3n) is 0. The first kappa shape index (κ1) is 10.1. The first-order chi connectivity index (χ1) is 2.00. The summed E-state index contributed by atoms with van der Waals surface area (Å²) in [5, 5.41) is 0. The summed E-state index contributed by atoms with van der Waals surface area (Å²) < 4.78 is 35.7. The molecule has 6 heavy (non-hydrogen) atoms. The maximum absolute atomic E-state index is 10.2. The van der Waals surface area contributed by atoms with Gasteiger partial charge in [0.2, 0.25) is 0 Å². The van der Waals surface area contributed by atoms with E-state index in [0.29, 0.717) is 0 Å². The first-order valence-electron chi connectivity index (χ1n) is 0.717. The molecular weight excluding hydrogens is 166 g/mol. The van der Waals surface area contributed by atoms with Gasteiger partial charge < -0.3 is 0 Å². The predicted molar refractivity (Wildman–Crippen MR) is 13.3 cm³/mol. The van der Waals surface area contributed by atoms with Crippen molar-refractivity contribution < 1.29 is 15.4 Å². The van der Waals surface area contributed by atoms with Gasteiger partial charge in [0.15, 0.2) is 0 Å². The van der Waals surface area contributed by atoms with Crippen molar-refractivity contribution in [3.8, 4) is 0 Å². The van der Waals surface area contributed by atoms with Crippen molar-refractivity contribution in [2.75, 3.05) is 0 Å². The van der Waals surface area contributed by atoms with Gasteiger partial charge in [0.1, 0.15) is 0 Å². The SMILES string of the molecule is O=[As]([O-])([O-])F.[Mg+2]. The molecule has 0 aromatic rings. The molecule has 0 N–H and O–H groups in total. The van der Waals surface area contributed by atoms with Gasteiger partial charge >= 0.3 is 53.1 Å². The van der Waals surface area contributed by atoms with E-state index in [4.69, 9.17) is 11.9 Å². The average molecular weight is 166 g/mol. The fourth-order valence-electron chi connectivity index (χ4n) is 0. The van der Waals surface area contributed by atoms with Crippen LogP contribution in [0.15, 0.2) is 0 Å². The Morgan fingerprint density at radius 3 is 1.50 bits per heavy atom. The maximum atomic E-state index is 10.2. The molecule has 0 aromatic carbocycles. The summed E-state index contributed by atoms with van der Waals surface area (Å²) in [7, 11) is 0. The Labute approximate surface area is 53.2 Å². The van der Waals surface area contributed by atoms with Crippen LogP contribution in [-0.4, -0.2) is 37.7 Å². The number of rotatable bonds is 0. The molecule has 0 saturated heterocycles. The topological polar surface area (TPSA) is 63.2 Å². The Morgan fingerprint density at radius 1 is 1.50 bits per heavy atom. The van der Waals surface area contributed by atoms with Gasteiger partial charge in [0.25, 0.3) is 0 Å². The van der Waals surface area contributed by atoms with Crippen molar-refractivity contribution in [2.45, 2.75) is 0 Å². The Kier molecular flexibility index (Phi) is 5.10. The summed E-state index contributed by atoms with van der Waals surface area (Å²) in [4.78, 5) is 0. The molecule has 0 saturated carbocycles. The van der Waals surface area contributed by atoms with Crippen LogP contribution in [0.5, 0.6) is 0 Å². The zero-order valence-electron chi connectivity index (χ0n) is 2.76. The molecule has 0 aromatic heterocycles. The molecule has 0 rings (SSSR count). The minimum Gasteiger partial charge on any atom is 2.00 e. The normalized spacial score (nSPS) is 9.83. The second-order valence-corrected chi connectivity index (χ2v) is 2.24. The van der Waals surface area contributed by atoms with E-state index in [0.717, 1.165) is 0 Å². The molecule has 32 valence electrons. The minimum absolute atomic E-state index is 0. The Bertz CT molecular complexity index is 56.9. The van der Waals surface area contributed by atoms with E-state index < -0.39 is 14.6 Å². The third kappa shape index (κ3) is 82.7. The van der Waals surface area contributed by atoms with Crippen LogP contribution < -0.4 is 8.19 Å². The molecule has 0 atom stereocenters. The van der Waals surface area contributed by atoms with Crippen molar-refractivity contribution in [2.24, 2.45) is 0 Å². The van der Waals surface area contributed by atoms with Gasteiger partial charge in [-0.2, -0.15) is 0 Å². The van der Waals surface area contributed by atoms with Crippen LogP contribution in [0.3, 0.4) is 0 Å². The molecule has 0 aliphatic rings. The second-order valence-electron chi connectivity index (χ2n) is 0.431. The summed E-state index contributed by atoms with van der Waals surface area (Å²) in [6.07, 6.45) is 0. The molecular formula is AsFMgO3. The van der Waals surface area contributed by atoms with E-state index in [-0.39, 0.29) is 23.1 Å². The zero-order valence-corrected chi connectivity index (χ0v) is 6.05. The van der Waals surface area contributed by atoms with Gasteiger partial charge in [-0.05, 0) is 0 Å². The van der Waals surface area contributed by atoms with Crippen LogP contribution in [0, 0.1) is 0 Å². The quantitative estimate of drug-likeness (QED) is 0.364. The second kappa shape index (κ2) is 3.04. The van der Waals surface area contributed by atoms with E-state index in [9.17, 15) is 3.47 Å². The van der Waals surface area contributed by atoms with E-state index in [2.05, 4.69) is 0 Å². The predicted octanol–water partition coefficient (Wildman–Crippen LogP) is -2.84. The third-order valence-corrected chi connectivity index (χ3v) is 0. The van der Waals surface area contributed by atoms with Crippen LogP contribution in [0.4, 0.5) is 3.47 Å². The molecule has 0 radical (unpaired) electrons. The molecule has 3 nitrogen and oxygen atoms in total. The fourth-order valence-corrected chi connectivity index (χ4v) is 0. The van der Waals surface area contributed by atoms with Gasteiger partial charge in [-0.15, -0.1) is 0 Å². The van der Waals surface area contributed by atoms with Crippen molar-refractivity contribution in [3.63, 3.8) is 0 Å². The van der Waals surface area contributed by atoms with Crippen LogP contribution in [0.2, 0.25) is 0 Å².